The lowest BCUT2D eigenvalue weighted by Gasteiger charge is -2.56. The fraction of sp³-hybridized carbons (Fsp3) is 1.00. The van der Waals surface area contributed by atoms with Crippen LogP contribution in [0.4, 0.5) is 0 Å². The summed E-state index contributed by atoms with van der Waals surface area (Å²) < 4.78 is 23.5. The van der Waals surface area contributed by atoms with Crippen LogP contribution in [-0.2, 0) is 18.9 Å². The van der Waals surface area contributed by atoms with E-state index in [4.69, 9.17) is 18.9 Å². The topological polar surface area (TPSA) is 40.2 Å². The summed E-state index contributed by atoms with van der Waals surface area (Å²) in [6, 6.07) is 0.772. The maximum atomic E-state index is 5.98. The molecule has 9 unspecified atom stereocenters. The van der Waals surface area contributed by atoms with Crippen molar-refractivity contribution in [3.8, 4) is 0 Å². The van der Waals surface area contributed by atoms with E-state index in [-0.39, 0.29) is 0 Å². The Kier molecular flexibility index (Phi) is 3.51. The lowest BCUT2D eigenvalue weighted by atomic mass is 9.62. The average molecular weight is 335 g/mol. The quantitative estimate of drug-likeness (QED) is 0.677. The van der Waals surface area contributed by atoms with Crippen molar-refractivity contribution in [1.82, 2.24) is 4.90 Å². The molecule has 6 aliphatic rings. The molecule has 0 amide bonds. The third-order valence-corrected chi connectivity index (χ3v) is 8.12. The van der Waals surface area contributed by atoms with Gasteiger partial charge in [0.25, 0.3) is 0 Å². The van der Waals surface area contributed by atoms with Gasteiger partial charge in [0.2, 0.25) is 0 Å². The lowest BCUT2D eigenvalue weighted by molar-refractivity contribution is -0.104. The minimum Gasteiger partial charge on any atom is -0.349 e. The molecule has 24 heavy (non-hydrogen) atoms. The molecule has 0 aromatic carbocycles. The van der Waals surface area contributed by atoms with Crippen molar-refractivity contribution in [3.05, 3.63) is 0 Å². The van der Waals surface area contributed by atoms with Crippen LogP contribution in [0.25, 0.3) is 0 Å². The Morgan fingerprint density at radius 3 is 2.42 bits per heavy atom. The summed E-state index contributed by atoms with van der Waals surface area (Å²) >= 11 is 0. The molecule has 0 N–H and O–H groups in total. The molecule has 4 saturated heterocycles. The second-order valence-electron chi connectivity index (χ2n) is 8.97. The fourth-order valence-corrected chi connectivity index (χ4v) is 6.97. The Labute approximate surface area is 143 Å². The number of rotatable bonds is 0. The third kappa shape index (κ3) is 2.18. The predicted molar refractivity (Wildman–Crippen MR) is 86.2 cm³/mol. The van der Waals surface area contributed by atoms with Gasteiger partial charge in [-0.1, -0.05) is 0 Å². The molecule has 0 radical (unpaired) electrons. The molecule has 5 heteroatoms. The molecule has 4 heterocycles. The summed E-state index contributed by atoms with van der Waals surface area (Å²) in [5, 5.41) is 0. The van der Waals surface area contributed by atoms with E-state index in [9.17, 15) is 0 Å². The predicted octanol–water partition coefficient (Wildman–Crippen LogP) is 2.00. The molecule has 2 saturated carbocycles. The van der Waals surface area contributed by atoms with Crippen LogP contribution in [0.5, 0.6) is 0 Å². The van der Waals surface area contributed by atoms with Crippen LogP contribution in [0.2, 0.25) is 0 Å². The lowest BCUT2D eigenvalue weighted by Crippen LogP contribution is -2.61. The van der Waals surface area contributed by atoms with Gasteiger partial charge < -0.3 is 18.9 Å². The summed E-state index contributed by atoms with van der Waals surface area (Å²) in [6.45, 7) is 3.54. The zero-order chi connectivity index (χ0) is 15.7. The van der Waals surface area contributed by atoms with Crippen LogP contribution in [0.3, 0.4) is 0 Å². The van der Waals surface area contributed by atoms with Gasteiger partial charge in [0.15, 0.2) is 0 Å². The second kappa shape index (κ2) is 5.65. The molecule has 0 aromatic heterocycles. The van der Waals surface area contributed by atoms with Crippen LogP contribution in [0, 0.1) is 23.7 Å². The first-order valence-electron chi connectivity index (χ1n) is 10.1. The van der Waals surface area contributed by atoms with Gasteiger partial charge in [-0.05, 0) is 62.8 Å². The van der Waals surface area contributed by atoms with Gasteiger partial charge in [0.1, 0.15) is 13.6 Å². The Morgan fingerprint density at radius 2 is 1.46 bits per heavy atom. The second-order valence-corrected chi connectivity index (χ2v) is 8.97. The SMILES string of the molecule is C1OC2CC3CCN4CC5C(CCC6OCOC65)CC4C3CC2O1. The molecule has 0 spiro atoms. The first kappa shape index (κ1) is 14.9. The number of hydrogen-bond acceptors (Lipinski definition) is 5. The van der Waals surface area contributed by atoms with Crippen molar-refractivity contribution in [1.29, 1.82) is 0 Å². The first-order valence-corrected chi connectivity index (χ1v) is 10.1. The number of nitrogens with zero attached hydrogens (tertiary/aromatic N) is 1. The van der Waals surface area contributed by atoms with E-state index in [1.54, 1.807) is 0 Å². The summed E-state index contributed by atoms with van der Waals surface area (Å²) in [5.74, 6) is 3.21. The minimum atomic E-state index is 0.365. The van der Waals surface area contributed by atoms with Crippen molar-refractivity contribution in [2.75, 3.05) is 26.7 Å². The highest BCUT2D eigenvalue weighted by molar-refractivity contribution is 5.04. The van der Waals surface area contributed by atoms with E-state index in [2.05, 4.69) is 4.90 Å². The smallest absolute Gasteiger partial charge is 0.147 e. The molecular weight excluding hydrogens is 306 g/mol. The van der Waals surface area contributed by atoms with E-state index in [0.29, 0.717) is 43.9 Å². The summed E-state index contributed by atoms with van der Waals surface area (Å²) in [4.78, 5) is 2.81. The highest BCUT2D eigenvalue weighted by Crippen LogP contribution is 2.50. The van der Waals surface area contributed by atoms with Crippen LogP contribution >= 0.6 is 0 Å². The number of ether oxygens (including phenoxy) is 4. The summed E-state index contributed by atoms with van der Waals surface area (Å²) in [7, 11) is 0. The average Bonchev–Trinajstić information content (AvgIpc) is 3.26. The maximum absolute atomic E-state index is 5.98. The van der Waals surface area contributed by atoms with Crippen LogP contribution in [0.15, 0.2) is 0 Å². The normalized spacial score (nSPS) is 56.8. The van der Waals surface area contributed by atoms with Gasteiger partial charge in [-0.3, -0.25) is 4.90 Å². The molecule has 9 atom stereocenters. The number of hydrogen-bond donors (Lipinski definition) is 0. The largest absolute Gasteiger partial charge is 0.349 e. The van der Waals surface area contributed by atoms with Crippen LogP contribution in [0.1, 0.15) is 38.5 Å². The Morgan fingerprint density at radius 1 is 0.667 bits per heavy atom. The van der Waals surface area contributed by atoms with Gasteiger partial charge in [-0.15, -0.1) is 0 Å². The van der Waals surface area contributed by atoms with E-state index in [1.807, 2.05) is 0 Å². The van der Waals surface area contributed by atoms with E-state index in [1.165, 1.54) is 51.6 Å². The Balaban J connectivity index is 1.22. The third-order valence-electron chi connectivity index (χ3n) is 8.12. The molecule has 134 valence electrons. The van der Waals surface area contributed by atoms with Gasteiger partial charge in [0.05, 0.1) is 24.4 Å². The molecular formula is C19H29NO4. The van der Waals surface area contributed by atoms with Crippen LogP contribution in [-0.4, -0.2) is 62.0 Å². The number of piperidine rings is 2. The molecule has 6 fully saturated rings. The van der Waals surface area contributed by atoms with E-state index >= 15 is 0 Å². The highest BCUT2D eigenvalue weighted by Gasteiger charge is 2.53. The monoisotopic (exact) mass is 335 g/mol. The molecule has 0 bridgehead atoms. The van der Waals surface area contributed by atoms with Crippen molar-refractivity contribution >= 4 is 0 Å². The first-order chi connectivity index (χ1) is 11.9. The van der Waals surface area contributed by atoms with Gasteiger partial charge >= 0.3 is 0 Å². The zero-order valence-electron chi connectivity index (χ0n) is 14.3. The van der Waals surface area contributed by atoms with Crippen molar-refractivity contribution in [3.63, 3.8) is 0 Å². The zero-order valence-corrected chi connectivity index (χ0v) is 14.3. The Hall–Kier alpha value is -0.200. The maximum Gasteiger partial charge on any atom is 0.147 e. The van der Waals surface area contributed by atoms with Crippen molar-refractivity contribution in [2.45, 2.75) is 69.0 Å². The van der Waals surface area contributed by atoms with Crippen molar-refractivity contribution < 1.29 is 18.9 Å². The van der Waals surface area contributed by atoms with Gasteiger partial charge in [0, 0.05) is 18.5 Å². The molecule has 5 nitrogen and oxygen atoms in total. The van der Waals surface area contributed by atoms with Gasteiger partial charge in [-0.2, -0.15) is 0 Å². The van der Waals surface area contributed by atoms with Crippen LogP contribution < -0.4 is 0 Å². The van der Waals surface area contributed by atoms with Gasteiger partial charge in [-0.25, -0.2) is 0 Å². The summed E-state index contributed by atoms with van der Waals surface area (Å²) in [6.07, 6.45) is 9.20. The molecule has 4 aliphatic heterocycles. The van der Waals surface area contributed by atoms with E-state index < -0.39 is 0 Å². The standard InChI is InChI=1S/C19H29NO4/c1-2-16-19(24-10-21-16)14-8-20-4-3-12-6-17-18(23-9-22-17)7-13(12)15(20)5-11(1)14/h11-19H,1-10H2. The molecule has 0 aromatic rings. The van der Waals surface area contributed by atoms with E-state index in [0.717, 1.165) is 23.8 Å². The number of fused-ring (bicyclic) bond motifs is 7. The summed E-state index contributed by atoms with van der Waals surface area (Å²) in [5.41, 5.74) is 0. The Bertz CT molecular complexity index is 502. The van der Waals surface area contributed by atoms with Crippen molar-refractivity contribution in [2.24, 2.45) is 23.7 Å². The fourth-order valence-electron chi connectivity index (χ4n) is 6.97. The minimum absolute atomic E-state index is 0.365. The molecule has 2 aliphatic carbocycles. The molecule has 6 rings (SSSR count). The highest BCUT2D eigenvalue weighted by atomic mass is 16.7.